The second-order valence-corrected chi connectivity index (χ2v) is 8.87. The van der Waals surface area contributed by atoms with Crippen molar-refractivity contribution in [1.29, 1.82) is 0 Å². The number of carbonyl (C=O) groups is 4. The molecule has 0 unspecified atom stereocenters. The number of carbonyl (C=O) groups excluding carboxylic acids is 2. The van der Waals surface area contributed by atoms with Gasteiger partial charge in [-0.2, -0.15) is 23.5 Å². The van der Waals surface area contributed by atoms with Crippen LogP contribution in [0.5, 0.6) is 0 Å². The van der Waals surface area contributed by atoms with Gasteiger partial charge in [0, 0.05) is 0 Å². The van der Waals surface area contributed by atoms with Gasteiger partial charge in [-0.15, -0.1) is 0 Å². The predicted molar refractivity (Wildman–Crippen MR) is 125 cm³/mol. The van der Waals surface area contributed by atoms with E-state index in [4.69, 9.17) is 9.47 Å². The van der Waals surface area contributed by atoms with Crippen molar-refractivity contribution in [3.63, 3.8) is 0 Å². The molecule has 0 aliphatic carbocycles. The lowest BCUT2D eigenvalue weighted by Gasteiger charge is -2.15. The van der Waals surface area contributed by atoms with Gasteiger partial charge in [-0.05, 0) is 68.2 Å². The molecule has 32 heavy (non-hydrogen) atoms. The molecule has 0 saturated carbocycles. The number of hydrogen-bond acceptors (Lipinski definition) is 8. The zero-order valence-corrected chi connectivity index (χ0v) is 20.0. The predicted octanol–water partition coefficient (Wildman–Crippen LogP) is 3.54. The second-order valence-electron chi connectivity index (χ2n) is 6.66. The Balaban J connectivity index is 2.81. The Morgan fingerprint density at radius 1 is 0.812 bits per heavy atom. The molecule has 0 atom stereocenters. The average molecular weight is 487 g/mol. The quantitative estimate of drug-likeness (QED) is 0.264. The molecule has 8 nitrogen and oxygen atoms in total. The summed E-state index contributed by atoms with van der Waals surface area (Å²) in [4.78, 5) is 46.3. The first-order valence-electron chi connectivity index (χ1n) is 10.4. The normalized spacial score (nSPS) is 10.6. The topological polar surface area (TPSA) is 127 Å². The van der Waals surface area contributed by atoms with Gasteiger partial charge in [-0.3, -0.25) is 9.59 Å². The molecule has 0 fully saturated rings. The van der Waals surface area contributed by atoms with Crippen LogP contribution in [-0.4, -0.2) is 70.3 Å². The lowest BCUT2D eigenvalue weighted by Crippen LogP contribution is -2.14. The molecule has 1 aromatic rings. The van der Waals surface area contributed by atoms with Gasteiger partial charge in [0.2, 0.25) is 0 Å². The van der Waals surface area contributed by atoms with E-state index in [9.17, 15) is 29.4 Å². The Hall–Kier alpha value is -2.20. The van der Waals surface area contributed by atoms with Crippen LogP contribution in [-0.2, 0) is 31.9 Å². The molecule has 2 N–H and O–H groups in total. The molecular weight excluding hydrogens is 456 g/mol. The number of rotatable bonds is 16. The fraction of sp³-hybridized carbons (Fsp3) is 0.545. The average Bonchev–Trinajstić information content (AvgIpc) is 2.73. The molecule has 0 heterocycles. The standard InChI is InChI=1S/C22H30O8S2/c1-3-29-18(23)13-31-11-5-7-15-9-10-17(21(25)26)20(22(27)28)16(15)8-6-12-32-14-19(24)30-4-2/h9-10H,3-8,11-14H2,1-2H3,(H,25,26)(H,27,28). The third kappa shape index (κ3) is 9.95. The van der Waals surface area contributed by atoms with Crippen LogP contribution in [0.15, 0.2) is 12.1 Å². The van der Waals surface area contributed by atoms with Gasteiger partial charge in [-0.1, -0.05) is 6.07 Å². The van der Waals surface area contributed by atoms with Crippen LogP contribution < -0.4 is 0 Å². The molecule has 0 aliphatic heterocycles. The zero-order chi connectivity index (χ0) is 23.9. The van der Waals surface area contributed by atoms with E-state index in [1.807, 2.05) is 0 Å². The molecule has 0 saturated heterocycles. The maximum Gasteiger partial charge on any atom is 0.336 e. The fourth-order valence-electron chi connectivity index (χ4n) is 3.07. The van der Waals surface area contributed by atoms with E-state index in [1.165, 1.54) is 29.6 Å². The smallest absolute Gasteiger partial charge is 0.336 e. The van der Waals surface area contributed by atoms with Crippen LogP contribution in [0.1, 0.15) is 58.5 Å². The largest absolute Gasteiger partial charge is 0.478 e. The number of aryl methyl sites for hydroxylation is 1. The monoisotopic (exact) mass is 486 g/mol. The van der Waals surface area contributed by atoms with Crippen molar-refractivity contribution in [3.05, 3.63) is 34.4 Å². The summed E-state index contributed by atoms with van der Waals surface area (Å²) >= 11 is 2.84. The molecule has 10 heteroatoms. The number of esters is 2. The highest BCUT2D eigenvalue weighted by atomic mass is 32.2. The maximum atomic E-state index is 11.9. The summed E-state index contributed by atoms with van der Waals surface area (Å²) in [5.74, 6) is -1.32. The number of hydrogen-bond donors (Lipinski definition) is 2. The first-order valence-corrected chi connectivity index (χ1v) is 12.7. The number of benzene rings is 1. The highest BCUT2D eigenvalue weighted by molar-refractivity contribution is 8.00. The van der Waals surface area contributed by atoms with E-state index in [-0.39, 0.29) is 34.6 Å². The van der Waals surface area contributed by atoms with Gasteiger partial charge in [0.25, 0.3) is 0 Å². The Labute approximate surface area is 196 Å². The zero-order valence-electron chi connectivity index (χ0n) is 18.4. The SMILES string of the molecule is CCOC(=O)CSCCCc1ccc(C(=O)O)c(C(=O)O)c1CCCSCC(=O)OCC. The minimum absolute atomic E-state index is 0.176. The number of carboxylic acid groups (broad SMARTS) is 2. The fourth-order valence-corrected chi connectivity index (χ4v) is 4.55. The summed E-state index contributed by atoms with van der Waals surface area (Å²) in [5.41, 5.74) is 0.903. The molecule has 1 aromatic carbocycles. The van der Waals surface area contributed by atoms with Gasteiger partial charge < -0.3 is 19.7 Å². The summed E-state index contributed by atoms with van der Waals surface area (Å²) in [7, 11) is 0. The van der Waals surface area contributed by atoms with Crippen LogP contribution in [0, 0.1) is 0 Å². The van der Waals surface area contributed by atoms with Gasteiger partial charge in [0.1, 0.15) is 0 Å². The van der Waals surface area contributed by atoms with Crippen molar-refractivity contribution in [2.24, 2.45) is 0 Å². The third-order valence-corrected chi connectivity index (χ3v) is 6.39. The van der Waals surface area contributed by atoms with Gasteiger partial charge in [-0.25, -0.2) is 9.59 Å². The van der Waals surface area contributed by atoms with Crippen LogP contribution in [0.4, 0.5) is 0 Å². The van der Waals surface area contributed by atoms with Gasteiger partial charge >= 0.3 is 23.9 Å². The highest BCUT2D eigenvalue weighted by Crippen LogP contribution is 2.24. The van der Waals surface area contributed by atoms with Crippen molar-refractivity contribution < 1.29 is 38.9 Å². The van der Waals surface area contributed by atoms with E-state index < -0.39 is 11.9 Å². The van der Waals surface area contributed by atoms with E-state index in [0.717, 1.165) is 5.56 Å². The minimum Gasteiger partial charge on any atom is -0.478 e. The van der Waals surface area contributed by atoms with E-state index in [2.05, 4.69) is 0 Å². The number of thioether (sulfide) groups is 2. The Morgan fingerprint density at radius 2 is 1.34 bits per heavy atom. The molecule has 1 rings (SSSR count). The van der Waals surface area contributed by atoms with E-state index in [1.54, 1.807) is 19.9 Å². The summed E-state index contributed by atoms with van der Waals surface area (Å²) in [6.45, 7) is 4.15. The Morgan fingerprint density at radius 3 is 1.81 bits per heavy atom. The molecule has 0 aromatic heterocycles. The molecule has 0 spiro atoms. The van der Waals surface area contributed by atoms with Gasteiger partial charge in [0.05, 0.1) is 35.8 Å². The lowest BCUT2D eigenvalue weighted by molar-refractivity contribution is -0.140. The lowest BCUT2D eigenvalue weighted by atomic mass is 9.91. The first-order chi connectivity index (χ1) is 15.3. The Kier molecular flexibility index (Phi) is 13.5. The Bertz CT molecular complexity index is 794. The van der Waals surface area contributed by atoms with Crippen LogP contribution in [0.2, 0.25) is 0 Å². The summed E-state index contributed by atoms with van der Waals surface area (Å²) in [6.07, 6.45) is 2.27. The van der Waals surface area contributed by atoms with Crippen LogP contribution in [0.3, 0.4) is 0 Å². The van der Waals surface area contributed by atoms with Crippen molar-refractivity contribution in [1.82, 2.24) is 0 Å². The molecule has 0 aliphatic rings. The van der Waals surface area contributed by atoms with E-state index in [0.29, 0.717) is 56.0 Å². The molecule has 0 bridgehead atoms. The molecule has 0 radical (unpaired) electrons. The molecule has 0 amide bonds. The summed E-state index contributed by atoms with van der Waals surface area (Å²) < 4.78 is 9.76. The first kappa shape index (κ1) is 27.8. The number of carboxylic acids is 2. The minimum atomic E-state index is -1.28. The maximum absolute atomic E-state index is 11.9. The number of aromatic carboxylic acids is 2. The van der Waals surface area contributed by atoms with Crippen molar-refractivity contribution in [2.75, 3.05) is 36.2 Å². The van der Waals surface area contributed by atoms with E-state index >= 15 is 0 Å². The van der Waals surface area contributed by atoms with Crippen molar-refractivity contribution in [3.8, 4) is 0 Å². The highest BCUT2D eigenvalue weighted by Gasteiger charge is 2.22. The second kappa shape index (κ2) is 15.6. The van der Waals surface area contributed by atoms with Crippen LogP contribution in [0.25, 0.3) is 0 Å². The summed E-state index contributed by atoms with van der Waals surface area (Å²) in [5, 5.41) is 19.1. The molecule has 178 valence electrons. The molecular formula is C22H30O8S2. The number of ether oxygens (including phenoxy) is 2. The van der Waals surface area contributed by atoms with Gasteiger partial charge in [0.15, 0.2) is 0 Å². The van der Waals surface area contributed by atoms with Crippen LogP contribution >= 0.6 is 23.5 Å². The summed E-state index contributed by atoms with van der Waals surface area (Å²) in [6, 6.07) is 3.01. The third-order valence-electron chi connectivity index (χ3n) is 4.35. The van der Waals surface area contributed by atoms with Crippen molar-refractivity contribution in [2.45, 2.75) is 39.5 Å². The van der Waals surface area contributed by atoms with Crippen molar-refractivity contribution >= 4 is 47.4 Å².